The number of nitro benzene ring substituents is 2. The molecule has 3 aromatic carbocycles. The molecule has 0 aliphatic heterocycles. The molecule has 3 aromatic rings. The molecule has 0 aromatic heterocycles. The van der Waals surface area contributed by atoms with Crippen molar-refractivity contribution in [2.75, 3.05) is 0 Å². The fourth-order valence-corrected chi connectivity index (χ4v) is 3.44. The standard InChI is InChI=1S/C22H16Cl2N4O6/c23-17-9-15(5-7-19(17)27(31)32)21(29)25-11-13-1-2-14(4-3-13)12-26-22(30)16-6-8-20(28(33)34)18(24)10-16/h1-10H,11-12H2,(H,25,29)(H,26,30). The zero-order valence-corrected chi connectivity index (χ0v) is 18.8. The molecule has 3 rings (SSSR count). The van der Waals surface area contributed by atoms with Crippen molar-refractivity contribution >= 4 is 46.4 Å². The quantitative estimate of drug-likeness (QED) is 0.338. The largest absolute Gasteiger partial charge is 0.348 e. The summed E-state index contributed by atoms with van der Waals surface area (Å²) in [6.07, 6.45) is 0. The summed E-state index contributed by atoms with van der Waals surface area (Å²) in [4.78, 5) is 44.9. The first-order valence-electron chi connectivity index (χ1n) is 9.68. The van der Waals surface area contributed by atoms with E-state index in [-0.39, 0.29) is 45.6 Å². The van der Waals surface area contributed by atoms with Gasteiger partial charge in [-0.1, -0.05) is 47.5 Å². The molecule has 0 spiro atoms. The minimum absolute atomic E-state index is 0.125. The smallest absolute Gasteiger partial charge is 0.287 e. The number of nitrogens with one attached hydrogen (secondary N) is 2. The van der Waals surface area contributed by atoms with Gasteiger partial charge >= 0.3 is 0 Å². The van der Waals surface area contributed by atoms with E-state index in [0.29, 0.717) is 0 Å². The van der Waals surface area contributed by atoms with Crippen LogP contribution in [0.2, 0.25) is 10.0 Å². The predicted octanol–water partition coefficient (Wildman–Crippen LogP) is 4.67. The molecule has 174 valence electrons. The van der Waals surface area contributed by atoms with Crippen molar-refractivity contribution in [3.8, 4) is 0 Å². The van der Waals surface area contributed by atoms with Gasteiger partial charge in [0.05, 0.1) is 9.85 Å². The average molecular weight is 503 g/mol. The predicted molar refractivity (Wildman–Crippen MR) is 125 cm³/mol. The maximum absolute atomic E-state index is 12.3. The van der Waals surface area contributed by atoms with Gasteiger partial charge in [0.15, 0.2) is 0 Å². The van der Waals surface area contributed by atoms with Gasteiger partial charge < -0.3 is 10.6 Å². The van der Waals surface area contributed by atoms with Gasteiger partial charge in [0, 0.05) is 36.3 Å². The van der Waals surface area contributed by atoms with E-state index in [2.05, 4.69) is 10.6 Å². The summed E-state index contributed by atoms with van der Waals surface area (Å²) in [6, 6.07) is 14.5. The molecule has 0 atom stereocenters. The van der Waals surface area contributed by atoms with Gasteiger partial charge in [-0.05, 0) is 35.4 Å². The molecule has 2 N–H and O–H groups in total. The van der Waals surface area contributed by atoms with Crippen molar-refractivity contribution in [2.24, 2.45) is 0 Å². The fourth-order valence-electron chi connectivity index (χ4n) is 2.94. The Morgan fingerprint density at radius 2 is 1.03 bits per heavy atom. The molecule has 12 heteroatoms. The van der Waals surface area contributed by atoms with Gasteiger partial charge in [0.2, 0.25) is 0 Å². The summed E-state index contributed by atoms with van der Waals surface area (Å²) >= 11 is 11.7. The number of rotatable bonds is 8. The Morgan fingerprint density at radius 3 is 1.32 bits per heavy atom. The summed E-state index contributed by atoms with van der Waals surface area (Å²) in [5.41, 5.74) is 1.41. The lowest BCUT2D eigenvalue weighted by Gasteiger charge is -2.09. The number of hydrogen-bond donors (Lipinski definition) is 2. The molecule has 2 amide bonds. The van der Waals surface area contributed by atoms with Crippen molar-refractivity contribution in [2.45, 2.75) is 13.1 Å². The third-order valence-corrected chi connectivity index (χ3v) is 5.35. The normalized spacial score (nSPS) is 10.4. The SMILES string of the molecule is O=C(NCc1ccc(CNC(=O)c2ccc([N+](=O)[O-])c(Cl)c2)cc1)c1ccc([N+](=O)[O-])c(Cl)c1. The third-order valence-electron chi connectivity index (χ3n) is 4.74. The van der Waals surface area contributed by atoms with Crippen LogP contribution in [-0.2, 0) is 13.1 Å². The number of hydrogen-bond acceptors (Lipinski definition) is 6. The molecule has 0 saturated carbocycles. The van der Waals surface area contributed by atoms with E-state index in [4.69, 9.17) is 23.2 Å². The minimum Gasteiger partial charge on any atom is -0.348 e. The first-order valence-corrected chi connectivity index (χ1v) is 10.4. The van der Waals surface area contributed by atoms with E-state index in [1.807, 2.05) is 0 Å². The molecule has 0 aliphatic carbocycles. The number of amides is 2. The molecule has 0 radical (unpaired) electrons. The van der Waals surface area contributed by atoms with E-state index in [1.54, 1.807) is 24.3 Å². The minimum atomic E-state index is -0.630. The van der Waals surface area contributed by atoms with Gasteiger partial charge in [0.1, 0.15) is 10.0 Å². The summed E-state index contributed by atoms with van der Waals surface area (Å²) in [7, 11) is 0. The number of nitro groups is 2. The van der Waals surface area contributed by atoms with Crippen molar-refractivity contribution in [1.29, 1.82) is 0 Å². The summed E-state index contributed by atoms with van der Waals surface area (Å²) in [5.74, 6) is -0.871. The number of nitrogens with zero attached hydrogens (tertiary/aromatic N) is 2. The summed E-state index contributed by atoms with van der Waals surface area (Å²) in [6.45, 7) is 0.419. The highest BCUT2D eigenvalue weighted by Gasteiger charge is 2.16. The fraction of sp³-hybridized carbons (Fsp3) is 0.0909. The Labute approximate surface area is 202 Å². The molecular formula is C22H16Cl2N4O6. The highest BCUT2D eigenvalue weighted by Crippen LogP contribution is 2.26. The van der Waals surface area contributed by atoms with E-state index < -0.39 is 21.7 Å². The van der Waals surface area contributed by atoms with E-state index >= 15 is 0 Å². The van der Waals surface area contributed by atoms with Crippen LogP contribution in [0, 0.1) is 20.2 Å². The Morgan fingerprint density at radius 1 is 0.676 bits per heavy atom. The van der Waals surface area contributed by atoms with Crippen molar-refractivity contribution in [1.82, 2.24) is 10.6 Å². The van der Waals surface area contributed by atoms with Crippen molar-refractivity contribution in [3.63, 3.8) is 0 Å². The van der Waals surface area contributed by atoms with Crippen LogP contribution < -0.4 is 10.6 Å². The molecule has 34 heavy (non-hydrogen) atoms. The average Bonchev–Trinajstić information content (AvgIpc) is 2.81. The molecule has 10 nitrogen and oxygen atoms in total. The monoisotopic (exact) mass is 502 g/mol. The molecule has 0 saturated heterocycles. The van der Waals surface area contributed by atoms with Crippen LogP contribution >= 0.6 is 23.2 Å². The molecule has 0 heterocycles. The second-order valence-corrected chi connectivity index (χ2v) is 7.84. The molecular weight excluding hydrogens is 487 g/mol. The highest BCUT2D eigenvalue weighted by atomic mass is 35.5. The first kappa shape index (κ1) is 24.6. The van der Waals surface area contributed by atoms with Gasteiger partial charge in [-0.25, -0.2) is 0 Å². The first-order chi connectivity index (χ1) is 16.2. The van der Waals surface area contributed by atoms with Gasteiger partial charge in [0.25, 0.3) is 23.2 Å². The van der Waals surface area contributed by atoms with E-state index in [0.717, 1.165) is 11.1 Å². The Balaban J connectivity index is 1.53. The van der Waals surface area contributed by atoms with Gasteiger partial charge in [-0.3, -0.25) is 29.8 Å². The number of carbonyl (C=O) groups is 2. The number of halogens is 2. The van der Waals surface area contributed by atoms with Crippen LogP contribution in [0.4, 0.5) is 11.4 Å². The lowest BCUT2D eigenvalue weighted by Crippen LogP contribution is -2.23. The van der Waals surface area contributed by atoms with Crippen LogP contribution in [-0.4, -0.2) is 21.7 Å². The second-order valence-electron chi connectivity index (χ2n) is 7.03. The Kier molecular flexibility index (Phi) is 7.77. The topological polar surface area (TPSA) is 144 Å². The lowest BCUT2D eigenvalue weighted by atomic mass is 10.1. The van der Waals surface area contributed by atoms with Crippen LogP contribution in [0.15, 0.2) is 60.7 Å². The number of carbonyl (C=O) groups excluding carboxylic acids is 2. The third kappa shape index (κ3) is 6.06. The maximum atomic E-state index is 12.3. The van der Waals surface area contributed by atoms with Gasteiger partial charge in [-0.15, -0.1) is 0 Å². The van der Waals surface area contributed by atoms with E-state index in [1.165, 1.54) is 36.4 Å². The molecule has 0 bridgehead atoms. The van der Waals surface area contributed by atoms with Crippen molar-refractivity contribution < 1.29 is 19.4 Å². The second kappa shape index (κ2) is 10.7. The Hall–Kier alpha value is -4.02. The number of benzene rings is 3. The van der Waals surface area contributed by atoms with Crippen LogP contribution in [0.3, 0.4) is 0 Å². The maximum Gasteiger partial charge on any atom is 0.287 e. The zero-order valence-electron chi connectivity index (χ0n) is 17.3. The van der Waals surface area contributed by atoms with Crippen LogP contribution in [0.1, 0.15) is 31.8 Å². The molecule has 0 fully saturated rings. The molecule has 0 unspecified atom stereocenters. The van der Waals surface area contributed by atoms with Crippen LogP contribution in [0.25, 0.3) is 0 Å². The summed E-state index contributed by atoms with van der Waals surface area (Å²) < 4.78 is 0. The lowest BCUT2D eigenvalue weighted by molar-refractivity contribution is -0.384. The highest BCUT2D eigenvalue weighted by molar-refractivity contribution is 6.33. The van der Waals surface area contributed by atoms with Crippen molar-refractivity contribution in [3.05, 3.63) is 113 Å². The van der Waals surface area contributed by atoms with E-state index in [9.17, 15) is 29.8 Å². The molecule has 0 aliphatic rings. The van der Waals surface area contributed by atoms with Crippen LogP contribution in [0.5, 0.6) is 0 Å². The van der Waals surface area contributed by atoms with Gasteiger partial charge in [-0.2, -0.15) is 0 Å². The Bertz CT molecular complexity index is 1180. The summed E-state index contributed by atoms with van der Waals surface area (Å²) in [5, 5.41) is 26.8. The zero-order chi connectivity index (χ0) is 24.8.